The van der Waals surface area contributed by atoms with Crippen LogP contribution in [-0.2, 0) is 11.2 Å². The molecule has 1 aliphatic heterocycles. The summed E-state index contributed by atoms with van der Waals surface area (Å²) in [6, 6.07) is 5.02. The summed E-state index contributed by atoms with van der Waals surface area (Å²) < 4.78 is 42.8. The molecule has 1 aromatic carbocycles. The summed E-state index contributed by atoms with van der Waals surface area (Å²) in [4.78, 5) is 11.9. The quantitative estimate of drug-likeness (QED) is 0.612. The molecule has 2 heterocycles. The molecule has 0 radical (unpaired) electrons. The summed E-state index contributed by atoms with van der Waals surface area (Å²) in [5.41, 5.74) is 2.10. The summed E-state index contributed by atoms with van der Waals surface area (Å²) in [5.74, 6) is -1.33. The van der Waals surface area contributed by atoms with Crippen molar-refractivity contribution in [2.45, 2.75) is 19.0 Å². The number of carboxylic acid groups (broad SMARTS) is 1. The van der Waals surface area contributed by atoms with E-state index in [0.29, 0.717) is 17.0 Å². The summed E-state index contributed by atoms with van der Waals surface area (Å²) in [7, 11) is 0. The molecule has 0 saturated carbocycles. The van der Waals surface area contributed by atoms with E-state index in [4.69, 9.17) is 16.0 Å². The van der Waals surface area contributed by atoms with Crippen LogP contribution in [0.3, 0.4) is 0 Å². The topological polar surface area (TPSA) is 82.3 Å². The molecule has 0 bridgehead atoms. The first kappa shape index (κ1) is 22.5. The molecule has 0 atom stereocenters. The Hall–Kier alpha value is -1.79. The zero-order valence-corrected chi connectivity index (χ0v) is 15.7. The monoisotopic (exact) mass is 407 g/mol. The van der Waals surface area contributed by atoms with Crippen LogP contribution in [-0.4, -0.2) is 46.9 Å². The zero-order chi connectivity index (χ0) is 19.6. The smallest absolute Gasteiger partial charge is 0.550 e. The van der Waals surface area contributed by atoms with Gasteiger partial charge in [0.15, 0.2) is 0 Å². The van der Waals surface area contributed by atoms with Crippen molar-refractivity contribution in [3.63, 3.8) is 0 Å². The molecule has 0 spiro atoms. The third-order valence-electron chi connectivity index (χ3n) is 3.97. The van der Waals surface area contributed by atoms with Gasteiger partial charge in [0.2, 0.25) is 11.8 Å². The molecule has 3 rings (SSSR count). The molecular formula is C17H14ClF3LiN3O3. The van der Waals surface area contributed by atoms with E-state index in [1.54, 1.807) is 24.3 Å². The number of hydrogen-bond donors (Lipinski definition) is 0. The number of rotatable bonds is 5. The number of carbonyl (C=O) groups excluding carboxylic acids is 1. The van der Waals surface area contributed by atoms with Gasteiger partial charge < -0.3 is 14.3 Å². The van der Waals surface area contributed by atoms with Crippen LogP contribution >= 0.6 is 11.6 Å². The third kappa shape index (κ3) is 6.11. The zero-order valence-electron chi connectivity index (χ0n) is 14.9. The van der Waals surface area contributed by atoms with Crippen LogP contribution < -0.4 is 24.0 Å². The van der Waals surface area contributed by atoms with Gasteiger partial charge in [0, 0.05) is 23.7 Å². The fourth-order valence-electron chi connectivity index (χ4n) is 2.83. The van der Waals surface area contributed by atoms with E-state index in [2.05, 4.69) is 10.2 Å². The Balaban J connectivity index is 0.00000280. The first-order valence-electron chi connectivity index (χ1n) is 8.01. The minimum absolute atomic E-state index is 0. The van der Waals surface area contributed by atoms with Crippen LogP contribution in [0.25, 0.3) is 17.0 Å². The number of benzene rings is 1. The number of halogens is 4. The first-order chi connectivity index (χ1) is 12.7. The van der Waals surface area contributed by atoms with Crippen molar-refractivity contribution >= 4 is 23.1 Å². The molecule has 0 aliphatic carbocycles. The summed E-state index contributed by atoms with van der Waals surface area (Å²) in [5, 5.41) is 18.4. The first-order valence-corrected chi connectivity index (χ1v) is 8.39. The second-order valence-corrected chi connectivity index (χ2v) is 6.54. The van der Waals surface area contributed by atoms with Gasteiger partial charge in [0.05, 0.1) is 18.9 Å². The molecule has 0 N–H and O–H groups in total. The van der Waals surface area contributed by atoms with E-state index in [1.165, 1.54) is 4.90 Å². The molecule has 1 aromatic heterocycles. The van der Waals surface area contributed by atoms with Crippen LogP contribution in [0.5, 0.6) is 0 Å². The van der Waals surface area contributed by atoms with Crippen molar-refractivity contribution in [1.82, 2.24) is 15.1 Å². The van der Waals surface area contributed by atoms with Gasteiger partial charge in [0.1, 0.15) is 0 Å². The number of aromatic nitrogens is 2. The Kier molecular flexibility index (Phi) is 7.34. The minimum Gasteiger partial charge on any atom is -0.550 e. The standard InChI is InChI=1S/C17H15ClF3N3O3.Li/c18-13-6-11(10-1-3-24(4-2-10)9-17(19,20)21)5-12(7-13)16-23-22-14(27-16)8-15(25)26;/h1,5-7H,2-4,8-9H2,(H,25,26);/q;+1/p-1. The maximum Gasteiger partial charge on any atom is 1.00 e. The van der Waals surface area contributed by atoms with Crippen molar-refractivity contribution in [1.29, 1.82) is 0 Å². The van der Waals surface area contributed by atoms with Crippen molar-refractivity contribution < 1.29 is 46.4 Å². The second-order valence-electron chi connectivity index (χ2n) is 6.11. The van der Waals surface area contributed by atoms with Gasteiger partial charge >= 0.3 is 25.0 Å². The van der Waals surface area contributed by atoms with Crippen molar-refractivity contribution in [2.24, 2.45) is 0 Å². The number of carboxylic acids is 1. The fourth-order valence-corrected chi connectivity index (χ4v) is 3.07. The predicted molar refractivity (Wildman–Crippen MR) is 88.5 cm³/mol. The minimum atomic E-state index is -4.23. The Bertz CT molecular complexity index is 886. The Morgan fingerprint density at radius 1 is 1.25 bits per heavy atom. The summed E-state index contributed by atoms with van der Waals surface area (Å²) in [6.07, 6.45) is -2.55. The number of nitrogens with zero attached hydrogens (tertiary/aromatic N) is 3. The number of aliphatic carboxylic acids is 1. The van der Waals surface area contributed by atoms with E-state index in [9.17, 15) is 23.1 Å². The van der Waals surface area contributed by atoms with Gasteiger partial charge in [-0.3, -0.25) is 4.90 Å². The summed E-state index contributed by atoms with van der Waals surface area (Å²) >= 11 is 6.15. The van der Waals surface area contributed by atoms with Crippen LogP contribution in [0.15, 0.2) is 28.7 Å². The normalized spacial score (nSPS) is 15.1. The van der Waals surface area contributed by atoms with Gasteiger partial charge in [0.25, 0.3) is 0 Å². The number of hydrogen-bond acceptors (Lipinski definition) is 6. The van der Waals surface area contributed by atoms with E-state index >= 15 is 0 Å². The third-order valence-corrected chi connectivity index (χ3v) is 4.19. The maximum atomic E-state index is 12.5. The van der Waals surface area contributed by atoms with Crippen LogP contribution in [0.4, 0.5) is 13.2 Å². The van der Waals surface area contributed by atoms with Gasteiger partial charge in [-0.2, -0.15) is 13.2 Å². The van der Waals surface area contributed by atoms with E-state index in [0.717, 1.165) is 11.1 Å². The molecule has 1 aliphatic rings. The Morgan fingerprint density at radius 2 is 1.96 bits per heavy atom. The molecular weight excluding hydrogens is 394 g/mol. The van der Waals surface area contributed by atoms with Crippen LogP contribution in [0.2, 0.25) is 5.02 Å². The molecule has 11 heteroatoms. The van der Waals surface area contributed by atoms with Gasteiger partial charge in [-0.25, -0.2) is 0 Å². The Morgan fingerprint density at radius 3 is 2.57 bits per heavy atom. The molecule has 2 aromatic rings. The average Bonchev–Trinajstić information content (AvgIpc) is 3.01. The van der Waals surface area contributed by atoms with E-state index < -0.39 is 25.1 Å². The van der Waals surface area contributed by atoms with Gasteiger partial charge in [-0.15, -0.1) is 10.2 Å². The molecule has 0 saturated heterocycles. The maximum absolute atomic E-state index is 12.5. The second kappa shape index (κ2) is 9.14. The van der Waals surface area contributed by atoms with Crippen molar-refractivity contribution in [2.75, 3.05) is 19.6 Å². The SMILES string of the molecule is O=C([O-])Cc1nnc(-c2cc(Cl)cc(C3=CCN(CC(F)(F)F)CC3)c2)o1.[Li+]. The average molecular weight is 408 g/mol. The van der Waals surface area contributed by atoms with Crippen LogP contribution in [0, 0.1) is 0 Å². The molecule has 0 unspecified atom stereocenters. The fraction of sp³-hybridized carbons (Fsp3) is 0.353. The number of carbonyl (C=O) groups is 1. The predicted octanol–water partition coefficient (Wildman–Crippen LogP) is -0.662. The largest absolute Gasteiger partial charge is 1.00 e. The molecule has 0 fully saturated rings. The Labute approximate surface area is 175 Å². The van der Waals surface area contributed by atoms with E-state index in [1.807, 2.05) is 0 Å². The molecule has 0 amide bonds. The van der Waals surface area contributed by atoms with Gasteiger partial charge in [-0.1, -0.05) is 17.7 Å². The van der Waals surface area contributed by atoms with Crippen molar-refractivity contribution in [3.05, 3.63) is 40.8 Å². The molecule has 144 valence electrons. The van der Waals surface area contributed by atoms with Crippen molar-refractivity contribution in [3.8, 4) is 11.5 Å². The molecule has 28 heavy (non-hydrogen) atoms. The molecule has 6 nitrogen and oxygen atoms in total. The van der Waals surface area contributed by atoms with Crippen LogP contribution in [0.1, 0.15) is 17.9 Å². The number of alkyl halides is 3. The van der Waals surface area contributed by atoms with E-state index in [-0.39, 0.29) is 43.7 Å². The van der Waals surface area contributed by atoms with Gasteiger partial charge in [-0.05, 0) is 35.8 Å². The summed E-state index contributed by atoms with van der Waals surface area (Å²) in [6.45, 7) is -0.475.